The molecule has 21 heavy (non-hydrogen) atoms. The fraction of sp³-hybridized carbons (Fsp3) is 0.250. The molecule has 0 aliphatic heterocycles. The van der Waals surface area contributed by atoms with Gasteiger partial charge in [-0.2, -0.15) is 5.26 Å². The average molecular weight is 284 g/mol. The van der Waals surface area contributed by atoms with E-state index in [2.05, 4.69) is 5.32 Å². The van der Waals surface area contributed by atoms with E-state index in [4.69, 9.17) is 14.4 Å². The number of hydrogen-bond acceptors (Lipinski definition) is 4. The largest absolute Gasteiger partial charge is 0.484 e. The summed E-state index contributed by atoms with van der Waals surface area (Å²) in [5.41, 5.74) is 0.948. The molecule has 2 rings (SSSR count). The topological polar surface area (TPSA) is 75.3 Å². The first kappa shape index (κ1) is 14.7. The molecular weight excluding hydrogens is 268 g/mol. The van der Waals surface area contributed by atoms with Crippen LogP contribution in [0.1, 0.15) is 23.1 Å². The van der Waals surface area contributed by atoms with Crippen molar-refractivity contribution >= 4 is 5.91 Å². The number of aryl methyl sites for hydroxylation is 2. The summed E-state index contributed by atoms with van der Waals surface area (Å²) in [6, 6.07) is 12.0. The van der Waals surface area contributed by atoms with Crippen molar-refractivity contribution in [2.24, 2.45) is 0 Å². The Labute approximate surface area is 123 Å². The van der Waals surface area contributed by atoms with Gasteiger partial charge < -0.3 is 14.5 Å². The lowest BCUT2D eigenvalue weighted by Gasteiger charge is -2.11. The van der Waals surface area contributed by atoms with Crippen molar-refractivity contribution < 1.29 is 13.9 Å². The molecule has 0 bridgehead atoms. The third kappa shape index (κ3) is 3.86. The Kier molecular flexibility index (Phi) is 4.62. The molecule has 5 heteroatoms. The van der Waals surface area contributed by atoms with Crippen molar-refractivity contribution in [2.45, 2.75) is 19.9 Å². The molecule has 1 unspecified atom stereocenters. The summed E-state index contributed by atoms with van der Waals surface area (Å²) < 4.78 is 10.8. The molecule has 5 nitrogen and oxygen atoms in total. The number of carbonyl (C=O) groups is 1. The molecule has 1 heterocycles. The molecule has 0 saturated heterocycles. The summed E-state index contributed by atoms with van der Waals surface area (Å²) in [4.78, 5) is 11.8. The van der Waals surface area contributed by atoms with Gasteiger partial charge in [0.25, 0.3) is 5.91 Å². The Morgan fingerprint density at radius 3 is 2.71 bits per heavy atom. The number of amides is 1. The quantitative estimate of drug-likeness (QED) is 0.915. The number of nitrogens with zero attached hydrogens (tertiary/aromatic N) is 1. The molecule has 2 aromatic rings. The minimum absolute atomic E-state index is 0.150. The minimum atomic E-state index is -0.813. The Balaban J connectivity index is 1.92. The van der Waals surface area contributed by atoms with Crippen LogP contribution in [0.4, 0.5) is 0 Å². The SMILES string of the molecule is Cc1ccc(C(C#N)NC(=O)COc2ccccc2C)o1. The molecular formula is C16H16N2O3. The first-order valence-electron chi connectivity index (χ1n) is 6.54. The maximum absolute atomic E-state index is 11.8. The molecule has 1 aromatic heterocycles. The Morgan fingerprint density at radius 1 is 1.33 bits per heavy atom. The Bertz CT molecular complexity index is 670. The monoisotopic (exact) mass is 284 g/mol. The van der Waals surface area contributed by atoms with Gasteiger partial charge in [0.2, 0.25) is 0 Å². The van der Waals surface area contributed by atoms with Gasteiger partial charge >= 0.3 is 0 Å². The number of hydrogen-bond donors (Lipinski definition) is 1. The molecule has 1 aromatic carbocycles. The highest BCUT2D eigenvalue weighted by Crippen LogP contribution is 2.17. The molecule has 1 atom stereocenters. The summed E-state index contributed by atoms with van der Waals surface area (Å²) in [5, 5.41) is 11.7. The smallest absolute Gasteiger partial charge is 0.259 e. The fourth-order valence-electron chi connectivity index (χ4n) is 1.84. The maximum atomic E-state index is 11.8. The zero-order valence-corrected chi connectivity index (χ0v) is 11.9. The lowest BCUT2D eigenvalue weighted by atomic mass is 10.2. The van der Waals surface area contributed by atoms with Crippen LogP contribution >= 0.6 is 0 Å². The van der Waals surface area contributed by atoms with Crippen molar-refractivity contribution in [3.8, 4) is 11.8 Å². The van der Waals surface area contributed by atoms with Gasteiger partial charge in [-0.1, -0.05) is 18.2 Å². The first-order valence-corrected chi connectivity index (χ1v) is 6.54. The molecule has 0 aliphatic rings. The highest BCUT2D eigenvalue weighted by Gasteiger charge is 2.17. The van der Waals surface area contributed by atoms with Crippen LogP contribution in [0.2, 0.25) is 0 Å². The predicted octanol–water partition coefficient (Wildman–Crippen LogP) is 2.66. The summed E-state index contributed by atoms with van der Waals surface area (Å²) >= 11 is 0. The van der Waals surface area contributed by atoms with Gasteiger partial charge in [-0.25, -0.2) is 0 Å². The van der Waals surface area contributed by atoms with Gasteiger partial charge in [0, 0.05) is 0 Å². The van der Waals surface area contributed by atoms with Gasteiger partial charge in [0.1, 0.15) is 17.3 Å². The van der Waals surface area contributed by atoms with Crippen molar-refractivity contribution in [3.05, 3.63) is 53.5 Å². The van der Waals surface area contributed by atoms with E-state index in [1.165, 1.54) is 0 Å². The molecule has 1 amide bonds. The number of para-hydroxylation sites is 1. The summed E-state index contributed by atoms with van der Waals surface area (Å²) in [7, 11) is 0. The van der Waals surface area contributed by atoms with Crippen molar-refractivity contribution in [1.82, 2.24) is 5.32 Å². The Morgan fingerprint density at radius 2 is 2.10 bits per heavy atom. The highest BCUT2D eigenvalue weighted by atomic mass is 16.5. The van der Waals surface area contributed by atoms with E-state index in [1.807, 2.05) is 31.2 Å². The molecule has 1 N–H and O–H groups in total. The van der Waals surface area contributed by atoms with Gasteiger partial charge in [0.15, 0.2) is 12.6 Å². The normalized spacial score (nSPS) is 11.5. The van der Waals surface area contributed by atoms with E-state index in [-0.39, 0.29) is 12.5 Å². The second kappa shape index (κ2) is 6.62. The van der Waals surface area contributed by atoms with E-state index in [0.29, 0.717) is 17.3 Å². The van der Waals surface area contributed by atoms with E-state index < -0.39 is 6.04 Å². The highest BCUT2D eigenvalue weighted by molar-refractivity contribution is 5.78. The van der Waals surface area contributed by atoms with Gasteiger partial charge in [-0.15, -0.1) is 0 Å². The third-order valence-electron chi connectivity index (χ3n) is 2.93. The lowest BCUT2D eigenvalue weighted by molar-refractivity contribution is -0.123. The summed E-state index contributed by atoms with van der Waals surface area (Å²) in [6.07, 6.45) is 0. The molecule has 0 spiro atoms. The van der Waals surface area contributed by atoms with Crippen LogP contribution in [0.3, 0.4) is 0 Å². The van der Waals surface area contributed by atoms with Crippen LogP contribution in [-0.4, -0.2) is 12.5 Å². The third-order valence-corrected chi connectivity index (χ3v) is 2.93. The van der Waals surface area contributed by atoms with Crippen LogP contribution in [0.5, 0.6) is 5.75 Å². The van der Waals surface area contributed by atoms with E-state index >= 15 is 0 Å². The number of ether oxygens (including phenoxy) is 1. The molecule has 0 fully saturated rings. The standard InChI is InChI=1S/C16H16N2O3/c1-11-5-3-4-6-14(11)20-10-16(19)18-13(9-17)15-8-7-12(2)21-15/h3-8,13H,10H2,1-2H3,(H,18,19). The van der Waals surface area contributed by atoms with Crippen LogP contribution < -0.4 is 10.1 Å². The summed E-state index contributed by atoms with van der Waals surface area (Å²) in [6.45, 7) is 3.53. The predicted molar refractivity (Wildman–Crippen MR) is 76.6 cm³/mol. The second-order valence-corrected chi connectivity index (χ2v) is 4.63. The van der Waals surface area contributed by atoms with Crippen LogP contribution in [0, 0.1) is 25.2 Å². The number of furan rings is 1. The minimum Gasteiger partial charge on any atom is -0.484 e. The van der Waals surface area contributed by atoms with Crippen molar-refractivity contribution in [2.75, 3.05) is 6.61 Å². The van der Waals surface area contributed by atoms with Crippen LogP contribution in [0.15, 0.2) is 40.8 Å². The van der Waals surface area contributed by atoms with E-state index in [9.17, 15) is 4.79 Å². The number of rotatable bonds is 5. The van der Waals surface area contributed by atoms with Gasteiger partial charge in [0.05, 0.1) is 6.07 Å². The summed E-state index contributed by atoms with van der Waals surface area (Å²) in [5.74, 6) is 1.38. The Hall–Kier alpha value is -2.74. The van der Waals surface area contributed by atoms with E-state index in [1.54, 1.807) is 25.1 Å². The molecule has 108 valence electrons. The number of nitrogens with one attached hydrogen (secondary N) is 1. The molecule has 0 radical (unpaired) electrons. The van der Waals surface area contributed by atoms with Crippen LogP contribution in [0.25, 0.3) is 0 Å². The van der Waals surface area contributed by atoms with Gasteiger partial charge in [-0.05, 0) is 37.6 Å². The van der Waals surface area contributed by atoms with E-state index in [0.717, 1.165) is 5.56 Å². The fourth-order valence-corrected chi connectivity index (χ4v) is 1.84. The molecule has 0 saturated carbocycles. The lowest BCUT2D eigenvalue weighted by Crippen LogP contribution is -2.31. The molecule has 0 aliphatic carbocycles. The number of nitriles is 1. The first-order chi connectivity index (χ1) is 10.1. The maximum Gasteiger partial charge on any atom is 0.259 e. The second-order valence-electron chi connectivity index (χ2n) is 4.63. The van der Waals surface area contributed by atoms with Crippen molar-refractivity contribution in [1.29, 1.82) is 5.26 Å². The van der Waals surface area contributed by atoms with Crippen molar-refractivity contribution in [3.63, 3.8) is 0 Å². The van der Waals surface area contributed by atoms with Gasteiger partial charge in [-0.3, -0.25) is 4.79 Å². The zero-order valence-electron chi connectivity index (χ0n) is 11.9. The number of carbonyl (C=O) groups excluding carboxylic acids is 1. The van der Waals surface area contributed by atoms with Crippen LogP contribution in [-0.2, 0) is 4.79 Å². The number of benzene rings is 1. The zero-order chi connectivity index (χ0) is 15.2. The average Bonchev–Trinajstić information content (AvgIpc) is 2.90.